The van der Waals surface area contributed by atoms with E-state index < -0.39 is 0 Å². The second-order valence-corrected chi connectivity index (χ2v) is 4.01. The molecule has 0 radical (unpaired) electrons. The molecule has 4 nitrogen and oxygen atoms in total. The largest absolute Gasteiger partial charge is 0.494 e. The average Bonchev–Trinajstić information content (AvgIpc) is 2.47. The van der Waals surface area contributed by atoms with Gasteiger partial charge < -0.3 is 15.2 Å². The lowest BCUT2D eigenvalue weighted by atomic mass is 10.2. The van der Waals surface area contributed by atoms with Gasteiger partial charge in [0.05, 0.1) is 12.3 Å². The lowest BCUT2D eigenvalue weighted by Gasteiger charge is -2.09. The quantitative estimate of drug-likeness (QED) is 0.865. The van der Waals surface area contributed by atoms with Crippen LogP contribution >= 0.6 is 0 Å². The summed E-state index contributed by atoms with van der Waals surface area (Å²) < 4.78 is 11.1. The van der Waals surface area contributed by atoms with Gasteiger partial charge >= 0.3 is 0 Å². The van der Waals surface area contributed by atoms with E-state index in [0.717, 1.165) is 22.8 Å². The highest BCUT2D eigenvalue weighted by molar-refractivity contribution is 5.31. The molecule has 0 saturated carbocycles. The summed E-state index contributed by atoms with van der Waals surface area (Å²) in [7, 11) is 0. The molecule has 0 amide bonds. The molecule has 0 aliphatic rings. The van der Waals surface area contributed by atoms with E-state index >= 15 is 0 Å². The standard InChI is InChI=1S/C15H18N2O2/c1-2-18-13-5-7-14(8-6-13)19-11-12-4-3-9-17-15(12)10-16/h3-9H,2,10-11,16H2,1H3. The zero-order valence-corrected chi connectivity index (χ0v) is 11.0. The van der Waals surface area contributed by atoms with E-state index in [9.17, 15) is 0 Å². The minimum absolute atomic E-state index is 0.419. The van der Waals surface area contributed by atoms with Crippen molar-refractivity contribution in [1.29, 1.82) is 0 Å². The van der Waals surface area contributed by atoms with Crippen LogP contribution in [-0.4, -0.2) is 11.6 Å². The predicted octanol–water partition coefficient (Wildman–Crippen LogP) is 2.52. The van der Waals surface area contributed by atoms with Gasteiger partial charge in [0.1, 0.15) is 18.1 Å². The van der Waals surface area contributed by atoms with Gasteiger partial charge in [-0.1, -0.05) is 6.07 Å². The molecular formula is C15H18N2O2. The van der Waals surface area contributed by atoms with Gasteiger partial charge in [0, 0.05) is 18.3 Å². The molecule has 4 heteroatoms. The van der Waals surface area contributed by atoms with E-state index in [1.807, 2.05) is 43.3 Å². The first kappa shape index (κ1) is 13.4. The van der Waals surface area contributed by atoms with Gasteiger partial charge in [-0.2, -0.15) is 0 Å². The SMILES string of the molecule is CCOc1ccc(OCc2cccnc2CN)cc1. The summed E-state index contributed by atoms with van der Waals surface area (Å²) in [6, 6.07) is 11.4. The molecule has 0 aliphatic heterocycles. The first-order chi connectivity index (χ1) is 9.33. The first-order valence-corrected chi connectivity index (χ1v) is 6.32. The van der Waals surface area contributed by atoms with E-state index in [-0.39, 0.29) is 0 Å². The van der Waals surface area contributed by atoms with Crippen LogP contribution in [0.2, 0.25) is 0 Å². The monoisotopic (exact) mass is 258 g/mol. The van der Waals surface area contributed by atoms with Gasteiger partial charge in [-0.25, -0.2) is 0 Å². The summed E-state index contributed by atoms with van der Waals surface area (Å²) in [4.78, 5) is 4.22. The molecule has 0 bridgehead atoms. The van der Waals surface area contributed by atoms with Crippen molar-refractivity contribution in [2.24, 2.45) is 5.73 Å². The molecule has 1 aromatic carbocycles. The van der Waals surface area contributed by atoms with Gasteiger partial charge in [0.15, 0.2) is 0 Å². The normalized spacial score (nSPS) is 10.2. The van der Waals surface area contributed by atoms with Crippen LogP contribution in [0.5, 0.6) is 11.5 Å². The number of benzene rings is 1. The fourth-order valence-electron chi connectivity index (χ4n) is 1.75. The lowest BCUT2D eigenvalue weighted by molar-refractivity contribution is 0.302. The molecule has 1 heterocycles. The van der Waals surface area contributed by atoms with Crippen molar-refractivity contribution in [2.75, 3.05) is 6.61 Å². The average molecular weight is 258 g/mol. The molecule has 0 aliphatic carbocycles. The van der Waals surface area contributed by atoms with Gasteiger partial charge in [-0.05, 0) is 37.3 Å². The van der Waals surface area contributed by atoms with Gasteiger partial charge in [0.2, 0.25) is 0 Å². The summed E-state index contributed by atoms with van der Waals surface area (Å²) in [5, 5.41) is 0. The number of pyridine rings is 1. The number of aromatic nitrogens is 1. The van der Waals surface area contributed by atoms with Crippen molar-refractivity contribution in [2.45, 2.75) is 20.1 Å². The van der Waals surface area contributed by atoms with Gasteiger partial charge in [-0.15, -0.1) is 0 Å². The molecule has 100 valence electrons. The van der Waals surface area contributed by atoms with Crippen LogP contribution in [0, 0.1) is 0 Å². The Morgan fingerprint density at radius 1 is 1.05 bits per heavy atom. The fourth-order valence-corrected chi connectivity index (χ4v) is 1.75. The Morgan fingerprint density at radius 2 is 1.74 bits per heavy atom. The maximum Gasteiger partial charge on any atom is 0.120 e. The zero-order valence-electron chi connectivity index (χ0n) is 11.0. The molecule has 2 N–H and O–H groups in total. The molecule has 0 spiro atoms. The van der Waals surface area contributed by atoms with Crippen molar-refractivity contribution in [3.8, 4) is 11.5 Å². The summed E-state index contributed by atoms with van der Waals surface area (Å²) in [6.07, 6.45) is 1.74. The van der Waals surface area contributed by atoms with Crippen LogP contribution in [0.3, 0.4) is 0 Å². The minimum atomic E-state index is 0.419. The second kappa shape index (κ2) is 6.75. The summed E-state index contributed by atoms with van der Waals surface area (Å²) in [5.74, 6) is 1.65. The van der Waals surface area contributed by atoms with E-state index in [4.69, 9.17) is 15.2 Å². The molecule has 2 aromatic rings. The van der Waals surface area contributed by atoms with E-state index in [0.29, 0.717) is 19.8 Å². The van der Waals surface area contributed by atoms with Crippen molar-refractivity contribution in [3.05, 3.63) is 53.9 Å². The predicted molar refractivity (Wildman–Crippen MR) is 74.1 cm³/mol. The third kappa shape index (κ3) is 3.69. The van der Waals surface area contributed by atoms with Crippen LogP contribution in [0.15, 0.2) is 42.6 Å². The Kier molecular flexibility index (Phi) is 4.75. The number of nitrogens with zero attached hydrogens (tertiary/aromatic N) is 1. The van der Waals surface area contributed by atoms with E-state index in [2.05, 4.69) is 4.98 Å². The number of rotatable bonds is 6. The smallest absolute Gasteiger partial charge is 0.120 e. The van der Waals surface area contributed by atoms with Crippen LogP contribution in [0.1, 0.15) is 18.2 Å². The Balaban J connectivity index is 1.98. The Hall–Kier alpha value is -2.07. The highest BCUT2D eigenvalue weighted by Crippen LogP contribution is 2.19. The van der Waals surface area contributed by atoms with Crippen LogP contribution in [0.25, 0.3) is 0 Å². The fraction of sp³-hybridized carbons (Fsp3) is 0.267. The molecule has 19 heavy (non-hydrogen) atoms. The maximum atomic E-state index is 5.72. The molecule has 0 unspecified atom stereocenters. The summed E-state index contributed by atoms with van der Waals surface area (Å²) >= 11 is 0. The highest BCUT2D eigenvalue weighted by atomic mass is 16.5. The van der Waals surface area contributed by atoms with Crippen LogP contribution in [0.4, 0.5) is 0 Å². The third-order valence-electron chi connectivity index (χ3n) is 2.71. The van der Waals surface area contributed by atoms with Gasteiger partial charge in [-0.3, -0.25) is 4.98 Å². The molecular weight excluding hydrogens is 240 g/mol. The Bertz CT molecular complexity index is 512. The van der Waals surface area contributed by atoms with Crippen molar-refractivity contribution < 1.29 is 9.47 Å². The van der Waals surface area contributed by atoms with Crippen molar-refractivity contribution in [1.82, 2.24) is 4.98 Å². The second-order valence-electron chi connectivity index (χ2n) is 4.01. The number of hydrogen-bond acceptors (Lipinski definition) is 4. The third-order valence-corrected chi connectivity index (χ3v) is 2.71. The Labute approximate surface area is 113 Å². The first-order valence-electron chi connectivity index (χ1n) is 6.32. The summed E-state index contributed by atoms with van der Waals surface area (Å²) in [6.45, 7) is 3.51. The van der Waals surface area contributed by atoms with Crippen molar-refractivity contribution >= 4 is 0 Å². The molecule has 2 rings (SSSR count). The molecule has 0 saturated heterocycles. The minimum Gasteiger partial charge on any atom is -0.494 e. The summed E-state index contributed by atoms with van der Waals surface area (Å²) in [5.41, 5.74) is 7.52. The topological polar surface area (TPSA) is 57.4 Å². The lowest BCUT2D eigenvalue weighted by Crippen LogP contribution is -2.06. The zero-order chi connectivity index (χ0) is 13.5. The maximum absolute atomic E-state index is 5.72. The molecule has 1 aromatic heterocycles. The highest BCUT2D eigenvalue weighted by Gasteiger charge is 2.02. The van der Waals surface area contributed by atoms with Crippen molar-refractivity contribution in [3.63, 3.8) is 0 Å². The van der Waals surface area contributed by atoms with E-state index in [1.54, 1.807) is 6.20 Å². The van der Waals surface area contributed by atoms with Crippen LogP contribution < -0.4 is 15.2 Å². The number of nitrogens with two attached hydrogens (primary N) is 1. The molecule has 0 atom stereocenters. The Morgan fingerprint density at radius 3 is 2.37 bits per heavy atom. The molecule has 0 fully saturated rings. The van der Waals surface area contributed by atoms with Gasteiger partial charge in [0.25, 0.3) is 0 Å². The van der Waals surface area contributed by atoms with E-state index in [1.165, 1.54) is 0 Å². The number of ether oxygens (including phenoxy) is 2. The van der Waals surface area contributed by atoms with Crippen LogP contribution in [-0.2, 0) is 13.2 Å². The number of hydrogen-bond donors (Lipinski definition) is 1.